The molecule has 0 saturated carbocycles. The van der Waals surface area contributed by atoms with E-state index in [4.69, 9.17) is 5.11 Å². The summed E-state index contributed by atoms with van der Waals surface area (Å²) in [4.78, 5) is 10.6. The quantitative estimate of drug-likeness (QED) is 0.606. The summed E-state index contributed by atoms with van der Waals surface area (Å²) in [6.07, 6.45) is 2.09. The highest BCUT2D eigenvalue weighted by Gasteiger charge is 2.09. The van der Waals surface area contributed by atoms with E-state index in [1.807, 2.05) is 0 Å². The first-order chi connectivity index (χ1) is 6.25. The highest BCUT2D eigenvalue weighted by molar-refractivity contribution is 9.09. The lowest BCUT2D eigenvalue weighted by Gasteiger charge is -1.86. The number of nitrogens with zero attached hydrogens (tertiary/aromatic N) is 1. The van der Waals surface area contributed by atoms with Crippen LogP contribution >= 0.6 is 15.9 Å². The van der Waals surface area contributed by atoms with Crippen molar-refractivity contribution < 1.29 is 9.90 Å². The summed E-state index contributed by atoms with van der Waals surface area (Å²) >= 11 is 3.22. The third-order valence-corrected chi connectivity index (χ3v) is 1.69. The zero-order valence-corrected chi connectivity index (χ0v) is 8.26. The Bertz CT molecular complexity index is 362. The van der Waals surface area contributed by atoms with Gasteiger partial charge in [-0.05, 0) is 0 Å². The fourth-order valence-corrected chi connectivity index (χ4v) is 0.947. The Morgan fingerprint density at radius 1 is 1.77 bits per heavy atom. The van der Waals surface area contributed by atoms with Crippen LogP contribution in [-0.4, -0.2) is 26.6 Å². The van der Waals surface area contributed by atoms with Crippen LogP contribution < -0.4 is 0 Å². The minimum absolute atomic E-state index is 0.0436. The zero-order valence-electron chi connectivity index (χ0n) is 6.67. The van der Waals surface area contributed by atoms with Gasteiger partial charge in [0.2, 0.25) is 0 Å². The van der Waals surface area contributed by atoms with Gasteiger partial charge in [0.1, 0.15) is 0 Å². The summed E-state index contributed by atoms with van der Waals surface area (Å²) in [6, 6.07) is 0. The van der Waals surface area contributed by atoms with Crippen molar-refractivity contribution in [3.05, 3.63) is 17.5 Å². The van der Waals surface area contributed by atoms with Gasteiger partial charge in [-0.2, -0.15) is 5.10 Å². The van der Waals surface area contributed by atoms with E-state index >= 15 is 0 Å². The number of halogens is 1. The van der Waals surface area contributed by atoms with Gasteiger partial charge in [0.05, 0.1) is 11.8 Å². The van der Waals surface area contributed by atoms with Crippen LogP contribution in [0.25, 0.3) is 0 Å². The second-order valence-electron chi connectivity index (χ2n) is 2.20. The molecule has 0 aromatic carbocycles. The van der Waals surface area contributed by atoms with E-state index in [0.29, 0.717) is 12.0 Å². The predicted molar refractivity (Wildman–Crippen MR) is 50.8 cm³/mol. The van der Waals surface area contributed by atoms with Crippen LogP contribution in [0.3, 0.4) is 0 Å². The number of nitrogens with one attached hydrogen (secondary N) is 1. The Morgan fingerprint density at radius 2 is 2.54 bits per heavy atom. The molecule has 5 heteroatoms. The number of alkyl halides is 1. The van der Waals surface area contributed by atoms with Gasteiger partial charge in [0.25, 0.3) is 0 Å². The van der Waals surface area contributed by atoms with Crippen molar-refractivity contribution in [2.45, 2.75) is 6.42 Å². The maximum Gasteiger partial charge on any atom is 0.355 e. The van der Waals surface area contributed by atoms with Crippen LogP contribution in [-0.2, 0) is 0 Å². The standard InChI is InChI=1S/C8H7BrN2O2/c9-4-2-1-3-6-5-10-11-7(6)8(12)13/h5H,2,4H2,(H,10,11)(H,12,13). The van der Waals surface area contributed by atoms with E-state index in [2.05, 4.69) is 38.0 Å². The number of aromatic carboxylic acids is 1. The van der Waals surface area contributed by atoms with Crippen LogP contribution in [0.15, 0.2) is 6.20 Å². The normalized spacial score (nSPS) is 9.00. The van der Waals surface area contributed by atoms with E-state index in [0.717, 1.165) is 5.33 Å². The van der Waals surface area contributed by atoms with Crippen LogP contribution in [0.1, 0.15) is 22.5 Å². The van der Waals surface area contributed by atoms with Gasteiger partial charge in [0.15, 0.2) is 5.69 Å². The van der Waals surface area contributed by atoms with Crippen molar-refractivity contribution in [3.63, 3.8) is 0 Å². The van der Waals surface area contributed by atoms with E-state index < -0.39 is 5.97 Å². The number of hydrogen-bond acceptors (Lipinski definition) is 2. The average Bonchev–Trinajstić information content (AvgIpc) is 2.53. The fourth-order valence-electron chi connectivity index (χ4n) is 0.749. The zero-order chi connectivity index (χ0) is 9.68. The van der Waals surface area contributed by atoms with Crippen LogP contribution in [0.2, 0.25) is 0 Å². The largest absolute Gasteiger partial charge is 0.476 e. The number of rotatable bonds is 2. The Balaban J connectivity index is 2.84. The van der Waals surface area contributed by atoms with Crippen LogP contribution in [0.5, 0.6) is 0 Å². The molecule has 2 N–H and O–H groups in total. The van der Waals surface area contributed by atoms with E-state index in [1.165, 1.54) is 6.20 Å². The van der Waals surface area contributed by atoms with Crippen LogP contribution in [0.4, 0.5) is 0 Å². The number of carboxylic acids is 1. The summed E-state index contributed by atoms with van der Waals surface area (Å²) in [6.45, 7) is 0. The molecule has 0 unspecified atom stereocenters. The van der Waals surface area contributed by atoms with E-state index in [-0.39, 0.29) is 5.69 Å². The fraction of sp³-hybridized carbons (Fsp3) is 0.250. The van der Waals surface area contributed by atoms with Crippen molar-refractivity contribution in [2.75, 3.05) is 5.33 Å². The van der Waals surface area contributed by atoms with E-state index in [1.54, 1.807) is 0 Å². The molecule has 0 atom stereocenters. The molecule has 13 heavy (non-hydrogen) atoms. The molecule has 1 heterocycles. The number of aromatic nitrogens is 2. The Kier molecular flexibility index (Phi) is 3.53. The first kappa shape index (κ1) is 9.81. The molecule has 0 spiro atoms. The summed E-state index contributed by atoms with van der Waals surface area (Å²) in [5.41, 5.74) is 0.468. The molecule has 68 valence electrons. The summed E-state index contributed by atoms with van der Waals surface area (Å²) in [7, 11) is 0. The lowest BCUT2D eigenvalue weighted by molar-refractivity contribution is 0.0690. The van der Waals surface area contributed by atoms with Crippen molar-refractivity contribution in [1.29, 1.82) is 0 Å². The predicted octanol–water partition coefficient (Wildman–Crippen LogP) is 1.24. The lowest BCUT2D eigenvalue weighted by Crippen LogP contribution is -1.98. The molecule has 1 aromatic heterocycles. The van der Waals surface area contributed by atoms with Crippen LogP contribution in [0, 0.1) is 11.8 Å². The molecule has 4 nitrogen and oxygen atoms in total. The minimum atomic E-state index is -1.04. The van der Waals surface area contributed by atoms with Gasteiger partial charge in [0, 0.05) is 11.8 Å². The number of H-pyrrole nitrogens is 1. The maximum atomic E-state index is 10.6. The topological polar surface area (TPSA) is 66.0 Å². The molecule has 0 amide bonds. The van der Waals surface area contributed by atoms with Crippen molar-refractivity contribution in [3.8, 4) is 11.8 Å². The van der Waals surface area contributed by atoms with Crippen molar-refractivity contribution in [1.82, 2.24) is 10.2 Å². The number of carboxylic acid groups (broad SMARTS) is 1. The SMILES string of the molecule is O=C(O)c1[nH]ncc1C#CCCBr. The molecule has 0 saturated heterocycles. The molecule has 0 radical (unpaired) electrons. The molecule has 0 fully saturated rings. The summed E-state index contributed by atoms with van der Waals surface area (Å²) in [5, 5.41) is 15.4. The Morgan fingerprint density at radius 3 is 3.15 bits per heavy atom. The molecule has 1 rings (SSSR count). The summed E-state index contributed by atoms with van der Waals surface area (Å²) in [5.74, 6) is 4.49. The molecular formula is C8H7BrN2O2. The summed E-state index contributed by atoms with van der Waals surface area (Å²) < 4.78 is 0. The smallest absolute Gasteiger partial charge is 0.355 e. The van der Waals surface area contributed by atoms with Gasteiger partial charge in [-0.25, -0.2) is 4.79 Å². The van der Waals surface area contributed by atoms with Gasteiger partial charge in [-0.1, -0.05) is 27.8 Å². The first-order valence-corrected chi connectivity index (χ1v) is 4.69. The van der Waals surface area contributed by atoms with Gasteiger partial charge >= 0.3 is 5.97 Å². The molecule has 0 aliphatic heterocycles. The number of hydrogen-bond donors (Lipinski definition) is 2. The van der Waals surface area contributed by atoms with Crippen molar-refractivity contribution >= 4 is 21.9 Å². The van der Waals surface area contributed by atoms with Gasteiger partial charge in [-0.15, -0.1) is 0 Å². The monoisotopic (exact) mass is 242 g/mol. The van der Waals surface area contributed by atoms with E-state index in [9.17, 15) is 4.79 Å². The Labute approximate surface area is 83.5 Å². The number of aromatic amines is 1. The highest BCUT2D eigenvalue weighted by Crippen LogP contribution is 2.01. The second kappa shape index (κ2) is 4.67. The molecular weight excluding hydrogens is 236 g/mol. The van der Waals surface area contributed by atoms with Gasteiger partial charge in [-0.3, -0.25) is 5.10 Å². The molecule has 0 bridgehead atoms. The molecule has 1 aromatic rings. The van der Waals surface area contributed by atoms with Crippen molar-refractivity contribution in [2.24, 2.45) is 0 Å². The third-order valence-electron chi connectivity index (χ3n) is 1.30. The maximum absolute atomic E-state index is 10.6. The van der Waals surface area contributed by atoms with Gasteiger partial charge < -0.3 is 5.11 Å². The molecule has 0 aliphatic carbocycles. The first-order valence-electron chi connectivity index (χ1n) is 3.57. The number of carbonyl (C=O) groups is 1. The average molecular weight is 243 g/mol. The second-order valence-corrected chi connectivity index (χ2v) is 3.00. The molecule has 0 aliphatic rings. The minimum Gasteiger partial charge on any atom is -0.476 e. The Hall–Kier alpha value is -1.28. The lowest BCUT2D eigenvalue weighted by atomic mass is 10.2. The third kappa shape index (κ3) is 2.60. The highest BCUT2D eigenvalue weighted by atomic mass is 79.9.